The number of rotatable bonds is 3. The van der Waals surface area contributed by atoms with Crippen molar-refractivity contribution in [3.63, 3.8) is 0 Å². The average molecular weight is 310 g/mol. The Labute approximate surface area is 124 Å². The maximum atomic E-state index is 12.6. The summed E-state index contributed by atoms with van der Waals surface area (Å²) in [5, 5.41) is 8.68. The van der Waals surface area contributed by atoms with Gasteiger partial charge in [-0.2, -0.15) is 4.31 Å². The summed E-state index contributed by atoms with van der Waals surface area (Å²) in [7, 11) is -3.59. The molecule has 1 aromatic heterocycles. The molecule has 6 nitrogen and oxygen atoms in total. The first kappa shape index (κ1) is 15.9. The van der Waals surface area contributed by atoms with E-state index in [0.717, 1.165) is 6.42 Å². The number of aromatic nitrogens is 1. The molecule has 0 radical (unpaired) electrons. The van der Waals surface area contributed by atoms with Gasteiger partial charge in [-0.15, -0.1) is 0 Å². The third kappa shape index (κ3) is 3.80. The van der Waals surface area contributed by atoms with Gasteiger partial charge in [0, 0.05) is 31.0 Å². The number of sulfonamides is 1. The predicted molar refractivity (Wildman–Crippen MR) is 77.0 cm³/mol. The maximum Gasteiger partial charge on any atom is 0.244 e. The van der Waals surface area contributed by atoms with E-state index < -0.39 is 10.0 Å². The molecule has 0 saturated carbocycles. The van der Waals surface area contributed by atoms with E-state index >= 15 is 0 Å². The molecular formula is C14H18N2O4S. The summed E-state index contributed by atoms with van der Waals surface area (Å²) in [4.78, 5) is 4.03. The van der Waals surface area contributed by atoms with Gasteiger partial charge < -0.3 is 9.84 Å². The molecule has 0 bridgehead atoms. The average Bonchev–Trinajstić information content (AvgIpc) is 2.53. The molecule has 1 aromatic rings. The molecule has 0 aromatic carbocycles. The lowest BCUT2D eigenvalue weighted by molar-refractivity contribution is -0.00278. The van der Waals surface area contributed by atoms with Crippen molar-refractivity contribution in [3.8, 4) is 11.8 Å². The van der Waals surface area contributed by atoms with Gasteiger partial charge in [0.1, 0.15) is 11.5 Å². The molecule has 1 fully saturated rings. The first-order valence-corrected chi connectivity index (χ1v) is 8.18. The van der Waals surface area contributed by atoms with E-state index in [2.05, 4.69) is 16.8 Å². The number of aliphatic hydroxyl groups excluding tert-OH is 1. The Hall–Kier alpha value is -1.46. The third-order valence-corrected chi connectivity index (χ3v) is 5.05. The summed E-state index contributed by atoms with van der Waals surface area (Å²) in [5.41, 5.74) is 0.463. The standard InChI is InChI=1S/C14H18N2O4S/c1-2-13-11-16(5-7-20-13)21(18,19)14-8-12(4-3-6-17)9-15-10-14/h8-10,13,17H,2,5-7,11H2,1H3. The van der Waals surface area contributed by atoms with Crippen LogP contribution in [0.25, 0.3) is 0 Å². The van der Waals surface area contributed by atoms with Gasteiger partial charge in [0.2, 0.25) is 10.0 Å². The van der Waals surface area contributed by atoms with Gasteiger partial charge in [-0.3, -0.25) is 4.98 Å². The highest BCUT2D eigenvalue weighted by molar-refractivity contribution is 7.89. The van der Waals surface area contributed by atoms with E-state index in [-0.39, 0.29) is 17.6 Å². The molecule has 1 N–H and O–H groups in total. The van der Waals surface area contributed by atoms with Crippen LogP contribution >= 0.6 is 0 Å². The fourth-order valence-electron chi connectivity index (χ4n) is 2.08. The highest BCUT2D eigenvalue weighted by Crippen LogP contribution is 2.19. The lowest BCUT2D eigenvalue weighted by atomic mass is 10.2. The van der Waals surface area contributed by atoms with Crippen molar-refractivity contribution in [2.75, 3.05) is 26.3 Å². The van der Waals surface area contributed by atoms with Crippen LogP contribution < -0.4 is 0 Å². The van der Waals surface area contributed by atoms with Crippen molar-refractivity contribution in [1.82, 2.24) is 9.29 Å². The van der Waals surface area contributed by atoms with Crippen LogP contribution in [0.1, 0.15) is 18.9 Å². The van der Waals surface area contributed by atoms with Crippen LogP contribution in [0, 0.1) is 11.8 Å². The monoisotopic (exact) mass is 310 g/mol. The molecular weight excluding hydrogens is 292 g/mol. The van der Waals surface area contributed by atoms with E-state index in [1.807, 2.05) is 6.92 Å². The van der Waals surface area contributed by atoms with Crippen molar-refractivity contribution in [2.24, 2.45) is 0 Å². The molecule has 114 valence electrons. The highest BCUT2D eigenvalue weighted by Gasteiger charge is 2.30. The normalized spacial score (nSPS) is 19.8. The van der Waals surface area contributed by atoms with Crippen LogP contribution in [-0.4, -0.2) is 55.2 Å². The summed E-state index contributed by atoms with van der Waals surface area (Å²) in [5.74, 6) is 5.14. The van der Waals surface area contributed by atoms with Crippen LogP contribution in [0.4, 0.5) is 0 Å². The molecule has 1 saturated heterocycles. The van der Waals surface area contributed by atoms with Gasteiger partial charge in [0.05, 0.1) is 12.7 Å². The van der Waals surface area contributed by atoms with Crippen LogP contribution in [0.2, 0.25) is 0 Å². The van der Waals surface area contributed by atoms with Gasteiger partial charge in [-0.05, 0) is 12.5 Å². The smallest absolute Gasteiger partial charge is 0.244 e. The van der Waals surface area contributed by atoms with E-state index in [1.165, 1.54) is 22.8 Å². The molecule has 1 unspecified atom stereocenters. The topological polar surface area (TPSA) is 79.7 Å². The Morgan fingerprint density at radius 3 is 3.05 bits per heavy atom. The number of aliphatic hydroxyl groups is 1. The highest BCUT2D eigenvalue weighted by atomic mass is 32.2. The zero-order valence-corrected chi connectivity index (χ0v) is 12.6. The minimum atomic E-state index is -3.59. The second-order valence-corrected chi connectivity index (χ2v) is 6.57. The van der Waals surface area contributed by atoms with Gasteiger partial charge >= 0.3 is 0 Å². The molecule has 1 aliphatic rings. The van der Waals surface area contributed by atoms with Crippen LogP contribution in [0.3, 0.4) is 0 Å². The first-order chi connectivity index (χ1) is 10.1. The number of ether oxygens (including phenoxy) is 1. The van der Waals surface area contributed by atoms with E-state index in [1.54, 1.807) is 0 Å². The zero-order valence-electron chi connectivity index (χ0n) is 11.8. The van der Waals surface area contributed by atoms with E-state index in [4.69, 9.17) is 9.84 Å². The molecule has 0 amide bonds. The largest absolute Gasteiger partial charge is 0.384 e. The van der Waals surface area contributed by atoms with Crippen molar-refractivity contribution in [1.29, 1.82) is 0 Å². The van der Waals surface area contributed by atoms with Gasteiger partial charge in [-0.1, -0.05) is 18.8 Å². The summed E-state index contributed by atoms with van der Waals surface area (Å²) in [6.07, 6.45) is 3.48. The molecule has 7 heteroatoms. The Morgan fingerprint density at radius 1 is 1.52 bits per heavy atom. The van der Waals surface area contributed by atoms with E-state index in [9.17, 15) is 8.42 Å². The lowest BCUT2D eigenvalue weighted by Gasteiger charge is -2.31. The fraction of sp³-hybridized carbons (Fsp3) is 0.500. The second-order valence-electron chi connectivity index (χ2n) is 4.63. The van der Waals surface area contributed by atoms with Crippen LogP contribution in [0.5, 0.6) is 0 Å². The lowest BCUT2D eigenvalue weighted by Crippen LogP contribution is -2.45. The maximum absolute atomic E-state index is 12.6. The summed E-state index contributed by atoms with van der Waals surface area (Å²) in [6.45, 7) is 2.78. The second kappa shape index (κ2) is 7.00. The number of hydrogen-bond donors (Lipinski definition) is 1. The molecule has 0 spiro atoms. The molecule has 2 rings (SSSR count). The van der Waals surface area contributed by atoms with Crippen molar-refractivity contribution in [2.45, 2.75) is 24.3 Å². The summed E-state index contributed by atoms with van der Waals surface area (Å²) >= 11 is 0. The Kier molecular flexibility index (Phi) is 5.31. The van der Waals surface area contributed by atoms with Gasteiger partial charge in [-0.25, -0.2) is 8.42 Å². The summed E-state index contributed by atoms with van der Waals surface area (Å²) < 4.78 is 32.1. The Balaban J connectivity index is 2.26. The number of nitrogens with zero attached hydrogens (tertiary/aromatic N) is 2. The van der Waals surface area contributed by atoms with E-state index in [0.29, 0.717) is 25.3 Å². The first-order valence-electron chi connectivity index (χ1n) is 6.74. The Bertz CT molecular complexity index is 648. The quantitative estimate of drug-likeness (QED) is 0.808. The van der Waals surface area contributed by atoms with Crippen molar-refractivity contribution < 1.29 is 18.3 Å². The molecule has 1 aliphatic heterocycles. The molecule has 0 aliphatic carbocycles. The van der Waals surface area contributed by atoms with Crippen molar-refractivity contribution >= 4 is 10.0 Å². The molecule has 2 heterocycles. The minimum Gasteiger partial charge on any atom is -0.384 e. The van der Waals surface area contributed by atoms with Gasteiger partial charge in [0.25, 0.3) is 0 Å². The Morgan fingerprint density at radius 2 is 2.33 bits per heavy atom. The van der Waals surface area contributed by atoms with Crippen LogP contribution in [-0.2, 0) is 14.8 Å². The fourth-order valence-corrected chi connectivity index (χ4v) is 3.52. The minimum absolute atomic E-state index is 0.0705. The third-order valence-electron chi connectivity index (χ3n) is 3.22. The number of pyridine rings is 1. The SMILES string of the molecule is CCC1CN(S(=O)(=O)c2cncc(C#CCO)c2)CCO1. The number of hydrogen-bond acceptors (Lipinski definition) is 5. The van der Waals surface area contributed by atoms with Gasteiger partial charge in [0.15, 0.2) is 0 Å². The zero-order chi connectivity index (χ0) is 15.3. The molecule has 1 atom stereocenters. The van der Waals surface area contributed by atoms with Crippen LogP contribution in [0.15, 0.2) is 23.4 Å². The van der Waals surface area contributed by atoms with Crippen molar-refractivity contribution in [3.05, 3.63) is 24.0 Å². The number of morpholine rings is 1. The molecule has 21 heavy (non-hydrogen) atoms. The summed E-state index contributed by atoms with van der Waals surface area (Å²) in [6, 6.07) is 1.47. The predicted octanol–water partition coefficient (Wildman–Crippen LogP) is 0.225.